The third kappa shape index (κ3) is 7.51. The van der Waals surface area contributed by atoms with Crippen LogP contribution in [0.5, 0.6) is 0 Å². The molecular weight excluding hydrogens is 600 g/mol. The summed E-state index contributed by atoms with van der Waals surface area (Å²) in [6.45, 7) is 3.52. The van der Waals surface area contributed by atoms with E-state index in [2.05, 4.69) is 20.9 Å². The van der Waals surface area contributed by atoms with Crippen LogP contribution in [0.3, 0.4) is 0 Å². The number of nitrogens with one attached hydrogen (secondary N) is 3. The Morgan fingerprint density at radius 2 is 1.61 bits per heavy atom. The summed E-state index contributed by atoms with van der Waals surface area (Å²) in [5.74, 6) is -1.30. The molecule has 0 aliphatic heterocycles. The summed E-state index contributed by atoms with van der Waals surface area (Å²) in [6.07, 6.45) is 4.75. The maximum Gasteiger partial charge on any atom is 0.295 e. The predicted molar refractivity (Wildman–Crippen MR) is 181 cm³/mol. The minimum absolute atomic E-state index is 0.0343. The van der Waals surface area contributed by atoms with Crippen LogP contribution in [0.2, 0.25) is 0 Å². The number of carbonyl (C=O) groups is 3. The molecule has 3 amide bonds. The SMILES string of the molecule is Cc1c(NC(=O)C(C)Sc2cccc(NC(=O)/C(=C/c3cccnc3)NC(=O)c3ccccc3)c2)c(=O)n(-c2ccccc2)n1C. The van der Waals surface area contributed by atoms with Gasteiger partial charge in [-0.25, -0.2) is 4.68 Å². The molecule has 1 atom stereocenters. The van der Waals surface area contributed by atoms with Crippen molar-refractivity contribution in [2.45, 2.75) is 24.0 Å². The van der Waals surface area contributed by atoms with E-state index in [1.165, 1.54) is 16.4 Å². The summed E-state index contributed by atoms with van der Waals surface area (Å²) in [6, 6.07) is 28.3. The molecule has 46 heavy (non-hydrogen) atoms. The Morgan fingerprint density at radius 1 is 0.891 bits per heavy atom. The number of nitrogens with zero attached hydrogens (tertiary/aromatic N) is 3. The first-order valence-corrected chi connectivity index (χ1v) is 15.3. The number of rotatable bonds is 10. The van der Waals surface area contributed by atoms with Gasteiger partial charge in [-0.3, -0.25) is 28.8 Å². The van der Waals surface area contributed by atoms with Crippen LogP contribution < -0.4 is 21.5 Å². The van der Waals surface area contributed by atoms with Gasteiger partial charge in [0.2, 0.25) is 5.91 Å². The molecule has 2 aromatic heterocycles. The zero-order valence-electron chi connectivity index (χ0n) is 25.4. The van der Waals surface area contributed by atoms with Gasteiger partial charge in [0, 0.05) is 35.6 Å². The third-order valence-corrected chi connectivity index (χ3v) is 8.19. The molecule has 3 N–H and O–H groups in total. The van der Waals surface area contributed by atoms with E-state index in [9.17, 15) is 19.2 Å². The largest absolute Gasteiger partial charge is 0.321 e. The first kappa shape index (κ1) is 31.7. The monoisotopic (exact) mass is 632 g/mol. The molecule has 0 spiro atoms. The maximum atomic E-state index is 13.4. The van der Waals surface area contributed by atoms with E-state index in [4.69, 9.17) is 0 Å². The Labute approximate surface area is 270 Å². The molecule has 0 bridgehead atoms. The van der Waals surface area contributed by atoms with Gasteiger partial charge in [0.25, 0.3) is 17.4 Å². The first-order chi connectivity index (χ1) is 22.2. The molecule has 1 unspecified atom stereocenters. The van der Waals surface area contributed by atoms with Gasteiger partial charge in [-0.05, 0) is 74.0 Å². The van der Waals surface area contributed by atoms with Crippen LogP contribution in [0.1, 0.15) is 28.5 Å². The second-order valence-corrected chi connectivity index (χ2v) is 11.7. The van der Waals surface area contributed by atoms with E-state index in [0.717, 1.165) is 4.90 Å². The number of para-hydroxylation sites is 1. The van der Waals surface area contributed by atoms with Crippen molar-refractivity contribution in [1.82, 2.24) is 19.7 Å². The minimum atomic E-state index is -0.568. The van der Waals surface area contributed by atoms with E-state index in [0.29, 0.717) is 28.2 Å². The van der Waals surface area contributed by atoms with Crippen molar-refractivity contribution in [3.05, 3.63) is 142 Å². The van der Waals surface area contributed by atoms with Gasteiger partial charge in [-0.1, -0.05) is 48.5 Å². The number of benzene rings is 3. The molecule has 3 aromatic carbocycles. The Bertz CT molecular complexity index is 1950. The van der Waals surface area contributed by atoms with Crippen molar-refractivity contribution in [2.24, 2.45) is 7.05 Å². The highest BCUT2D eigenvalue weighted by Crippen LogP contribution is 2.27. The van der Waals surface area contributed by atoms with E-state index in [1.54, 1.807) is 105 Å². The average molecular weight is 633 g/mol. The summed E-state index contributed by atoms with van der Waals surface area (Å²) in [4.78, 5) is 57.6. The van der Waals surface area contributed by atoms with Crippen LogP contribution >= 0.6 is 11.8 Å². The van der Waals surface area contributed by atoms with E-state index >= 15 is 0 Å². The van der Waals surface area contributed by atoms with Crippen LogP contribution in [0.4, 0.5) is 11.4 Å². The van der Waals surface area contributed by atoms with Gasteiger partial charge in [0.15, 0.2) is 0 Å². The third-order valence-electron chi connectivity index (χ3n) is 7.10. The highest BCUT2D eigenvalue weighted by atomic mass is 32.2. The van der Waals surface area contributed by atoms with E-state index in [-0.39, 0.29) is 22.9 Å². The molecule has 0 radical (unpaired) electrons. The summed E-state index contributed by atoms with van der Waals surface area (Å²) >= 11 is 1.28. The first-order valence-electron chi connectivity index (χ1n) is 14.4. The maximum absolute atomic E-state index is 13.4. The molecule has 5 aromatic rings. The molecular formula is C35H32N6O4S. The smallest absolute Gasteiger partial charge is 0.295 e. The average Bonchev–Trinajstić information content (AvgIpc) is 3.28. The highest BCUT2D eigenvalue weighted by Gasteiger charge is 2.22. The molecule has 0 saturated heterocycles. The van der Waals surface area contributed by atoms with Gasteiger partial charge < -0.3 is 16.0 Å². The molecule has 0 saturated carbocycles. The fraction of sp³-hybridized carbons (Fsp3) is 0.114. The minimum Gasteiger partial charge on any atom is -0.321 e. The van der Waals surface area contributed by atoms with Gasteiger partial charge >= 0.3 is 0 Å². The van der Waals surface area contributed by atoms with Crippen LogP contribution in [-0.2, 0) is 16.6 Å². The summed E-state index contributed by atoms with van der Waals surface area (Å²) in [7, 11) is 1.77. The summed E-state index contributed by atoms with van der Waals surface area (Å²) < 4.78 is 3.21. The Morgan fingerprint density at radius 3 is 2.30 bits per heavy atom. The van der Waals surface area contributed by atoms with E-state index < -0.39 is 17.1 Å². The van der Waals surface area contributed by atoms with Crippen molar-refractivity contribution in [3.63, 3.8) is 0 Å². The molecule has 0 fully saturated rings. The lowest BCUT2D eigenvalue weighted by Crippen LogP contribution is -2.30. The molecule has 5 rings (SSSR count). The lowest BCUT2D eigenvalue weighted by molar-refractivity contribution is -0.115. The van der Waals surface area contributed by atoms with E-state index in [1.807, 2.05) is 36.4 Å². The topological polar surface area (TPSA) is 127 Å². The second-order valence-electron chi connectivity index (χ2n) is 10.3. The molecule has 0 aliphatic carbocycles. The van der Waals surface area contributed by atoms with Gasteiger partial charge in [-0.15, -0.1) is 11.8 Å². The number of amides is 3. The van der Waals surface area contributed by atoms with Crippen LogP contribution in [-0.4, -0.2) is 37.3 Å². The second kappa shape index (κ2) is 14.4. The zero-order chi connectivity index (χ0) is 32.6. The molecule has 2 heterocycles. The number of hydrogen-bond donors (Lipinski definition) is 3. The number of pyridine rings is 1. The molecule has 10 nitrogen and oxygen atoms in total. The zero-order valence-corrected chi connectivity index (χ0v) is 26.2. The Kier molecular flexibility index (Phi) is 9.94. The number of thioether (sulfide) groups is 1. The van der Waals surface area contributed by atoms with Crippen LogP contribution in [0.15, 0.2) is 125 Å². The number of hydrogen-bond acceptors (Lipinski definition) is 6. The normalized spacial score (nSPS) is 11.8. The lowest BCUT2D eigenvalue weighted by Gasteiger charge is -2.14. The number of anilines is 2. The Balaban J connectivity index is 1.29. The van der Waals surface area contributed by atoms with Crippen LogP contribution in [0, 0.1) is 6.92 Å². The highest BCUT2D eigenvalue weighted by molar-refractivity contribution is 8.00. The summed E-state index contributed by atoms with van der Waals surface area (Å²) in [5.41, 5.74) is 2.75. The van der Waals surface area contributed by atoms with Crippen molar-refractivity contribution < 1.29 is 14.4 Å². The van der Waals surface area contributed by atoms with Crippen molar-refractivity contribution >= 4 is 46.9 Å². The number of aromatic nitrogens is 3. The predicted octanol–water partition coefficient (Wildman–Crippen LogP) is 5.41. The lowest BCUT2D eigenvalue weighted by atomic mass is 10.2. The van der Waals surface area contributed by atoms with Crippen LogP contribution in [0.25, 0.3) is 11.8 Å². The fourth-order valence-corrected chi connectivity index (χ4v) is 5.54. The quantitative estimate of drug-likeness (QED) is 0.140. The van der Waals surface area contributed by atoms with Crippen molar-refractivity contribution in [1.29, 1.82) is 0 Å². The van der Waals surface area contributed by atoms with Gasteiger partial charge in [0.05, 0.1) is 16.6 Å². The van der Waals surface area contributed by atoms with Gasteiger partial charge in [0.1, 0.15) is 11.4 Å². The number of carbonyl (C=O) groups excluding carboxylic acids is 3. The molecule has 11 heteroatoms. The Hall–Kier alpha value is -5.68. The van der Waals surface area contributed by atoms with Crippen molar-refractivity contribution in [3.8, 4) is 5.69 Å². The molecule has 0 aliphatic rings. The standard InChI is InChI=1S/C35H32N6O4S/c1-23-31(35(45)41(40(23)3)28-16-8-5-9-17-28)39-32(42)24(2)46-29-18-10-15-27(21-29)37-34(44)30(20-25-12-11-19-36-22-25)38-33(43)26-13-6-4-7-14-26/h4-22,24H,1-3H3,(H,37,44)(H,38,43)(H,39,42)/b30-20-. The molecule has 232 valence electrons. The van der Waals surface area contributed by atoms with Gasteiger partial charge in [-0.2, -0.15) is 0 Å². The summed E-state index contributed by atoms with van der Waals surface area (Å²) in [5, 5.41) is 7.79. The fourth-order valence-electron chi connectivity index (χ4n) is 4.61. The van der Waals surface area contributed by atoms with Crippen molar-refractivity contribution in [2.75, 3.05) is 10.6 Å².